The van der Waals surface area contributed by atoms with Crippen molar-refractivity contribution in [3.63, 3.8) is 0 Å². The highest BCUT2D eigenvalue weighted by atomic mass is 79.9. The highest BCUT2D eigenvalue weighted by Crippen LogP contribution is 2.32. The molecule has 5 nitrogen and oxygen atoms in total. The third-order valence-corrected chi connectivity index (χ3v) is 5.65. The molecule has 96 valence electrons. The van der Waals surface area contributed by atoms with Gasteiger partial charge in [0.05, 0.1) is 10.4 Å². The number of sulfonamides is 1. The number of nitrogens with zero attached hydrogens (tertiary/aromatic N) is 1. The molecule has 0 saturated heterocycles. The van der Waals surface area contributed by atoms with Crippen LogP contribution in [0.2, 0.25) is 0 Å². The molecule has 0 aromatic carbocycles. The molecule has 8 heteroatoms. The molecule has 0 aliphatic heterocycles. The molecule has 0 radical (unpaired) electrons. The monoisotopic (exact) mass is 348 g/mol. The van der Waals surface area contributed by atoms with Crippen LogP contribution >= 0.6 is 27.3 Å². The lowest BCUT2D eigenvalue weighted by Gasteiger charge is -2.05. The van der Waals surface area contributed by atoms with Gasteiger partial charge in [0.25, 0.3) is 10.0 Å². The summed E-state index contributed by atoms with van der Waals surface area (Å²) in [5.74, 6) is 0.251. The van der Waals surface area contributed by atoms with E-state index in [4.69, 9.17) is 5.11 Å². The number of aromatic nitrogens is 1. The highest BCUT2D eigenvalue weighted by molar-refractivity contribution is 9.11. The van der Waals surface area contributed by atoms with E-state index in [-0.39, 0.29) is 17.3 Å². The van der Waals surface area contributed by atoms with Crippen LogP contribution < -0.4 is 4.72 Å². The smallest absolute Gasteiger partial charge is 0.265 e. The van der Waals surface area contributed by atoms with Crippen molar-refractivity contribution in [1.29, 1.82) is 0 Å². The van der Waals surface area contributed by atoms with Gasteiger partial charge in [0.15, 0.2) is 0 Å². The molecule has 0 spiro atoms. The summed E-state index contributed by atoms with van der Waals surface area (Å²) in [6, 6.07) is 6.37. The fraction of sp³-hybridized carbons (Fsp3) is 0.100. The Balaban J connectivity index is 2.34. The fourth-order valence-corrected chi connectivity index (χ4v) is 4.83. The molecule has 0 unspecified atom stereocenters. The van der Waals surface area contributed by atoms with Gasteiger partial charge in [-0.15, -0.1) is 11.3 Å². The standard InChI is InChI=1S/C10H9BrN2O3S2/c11-10-8(5-7(6-14)17-10)18(15,16)13-9-3-1-2-4-12-9/h1-5,14H,6H2,(H,12,13). The Hall–Kier alpha value is -0.960. The Morgan fingerprint density at radius 3 is 2.78 bits per heavy atom. The lowest BCUT2D eigenvalue weighted by molar-refractivity contribution is 0.285. The zero-order valence-electron chi connectivity index (χ0n) is 9.00. The van der Waals surface area contributed by atoms with E-state index in [1.54, 1.807) is 18.2 Å². The average molecular weight is 349 g/mol. The van der Waals surface area contributed by atoms with Gasteiger partial charge in [-0.1, -0.05) is 6.07 Å². The molecule has 2 N–H and O–H groups in total. The van der Waals surface area contributed by atoms with Crippen LogP contribution in [-0.2, 0) is 16.6 Å². The number of nitrogens with one attached hydrogen (secondary N) is 1. The van der Waals surface area contributed by atoms with E-state index in [2.05, 4.69) is 25.6 Å². The average Bonchev–Trinajstić information content (AvgIpc) is 2.72. The zero-order chi connectivity index (χ0) is 13.2. The van der Waals surface area contributed by atoms with E-state index in [1.807, 2.05) is 0 Å². The van der Waals surface area contributed by atoms with Gasteiger partial charge in [0, 0.05) is 11.1 Å². The zero-order valence-corrected chi connectivity index (χ0v) is 12.2. The Bertz CT molecular complexity index is 640. The van der Waals surface area contributed by atoms with Crippen LogP contribution in [-0.4, -0.2) is 18.5 Å². The summed E-state index contributed by atoms with van der Waals surface area (Å²) < 4.78 is 27.0. The number of hydrogen-bond acceptors (Lipinski definition) is 5. The third-order valence-electron chi connectivity index (χ3n) is 2.06. The number of anilines is 1. The first-order chi connectivity index (χ1) is 8.53. The van der Waals surface area contributed by atoms with Crippen molar-refractivity contribution >= 4 is 43.1 Å². The molecule has 0 aliphatic carbocycles. The molecular weight excluding hydrogens is 340 g/mol. The lowest BCUT2D eigenvalue weighted by atomic mass is 10.5. The van der Waals surface area contributed by atoms with E-state index in [9.17, 15) is 8.42 Å². The summed E-state index contributed by atoms with van der Waals surface area (Å²) in [5, 5.41) is 8.99. The van der Waals surface area contributed by atoms with Crippen molar-refractivity contribution < 1.29 is 13.5 Å². The van der Waals surface area contributed by atoms with Gasteiger partial charge >= 0.3 is 0 Å². The van der Waals surface area contributed by atoms with Crippen molar-refractivity contribution in [2.45, 2.75) is 11.5 Å². The molecule has 0 atom stereocenters. The summed E-state index contributed by atoms with van der Waals surface area (Å²) >= 11 is 4.35. The number of halogens is 1. The van der Waals surface area contributed by atoms with Gasteiger partial charge in [-0.3, -0.25) is 4.72 Å². The van der Waals surface area contributed by atoms with Crippen molar-refractivity contribution in [3.05, 3.63) is 39.1 Å². The topological polar surface area (TPSA) is 79.3 Å². The maximum atomic E-state index is 12.1. The normalized spacial score (nSPS) is 11.4. The van der Waals surface area contributed by atoms with Crippen molar-refractivity contribution in [2.24, 2.45) is 0 Å². The molecule has 2 aromatic heterocycles. The van der Waals surface area contributed by atoms with Crippen molar-refractivity contribution in [1.82, 2.24) is 4.98 Å². The first-order valence-corrected chi connectivity index (χ1v) is 7.95. The van der Waals surface area contributed by atoms with Gasteiger partial charge in [0.2, 0.25) is 0 Å². The number of rotatable bonds is 4. The van der Waals surface area contributed by atoms with E-state index in [0.29, 0.717) is 8.66 Å². The molecule has 2 rings (SSSR count). The van der Waals surface area contributed by atoms with Gasteiger partial charge in [-0.25, -0.2) is 13.4 Å². The first-order valence-electron chi connectivity index (χ1n) is 4.86. The number of hydrogen-bond donors (Lipinski definition) is 2. The predicted octanol–water partition coefficient (Wildman–Crippen LogP) is 2.20. The number of aliphatic hydroxyl groups is 1. The Kier molecular flexibility index (Phi) is 4.00. The molecule has 0 amide bonds. The lowest BCUT2D eigenvalue weighted by Crippen LogP contribution is -2.13. The highest BCUT2D eigenvalue weighted by Gasteiger charge is 2.21. The van der Waals surface area contributed by atoms with E-state index in [0.717, 1.165) is 0 Å². The second kappa shape index (κ2) is 5.35. The largest absolute Gasteiger partial charge is 0.391 e. The second-order valence-electron chi connectivity index (χ2n) is 3.33. The minimum atomic E-state index is -3.69. The molecule has 2 aromatic rings. The predicted molar refractivity (Wildman–Crippen MR) is 73.0 cm³/mol. The van der Waals surface area contributed by atoms with Crippen LogP contribution in [0.25, 0.3) is 0 Å². The molecular formula is C10H9BrN2O3S2. The summed E-state index contributed by atoms with van der Waals surface area (Å²) in [6.07, 6.45) is 1.50. The number of aliphatic hydroxyl groups excluding tert-OH is 1. The summed E-state index contributed by atoms with van der Waals surface area (Å²) in [4.78, 5) is 4.57. The second-order valence-corrected chi connectivity index (χ2v) is 7.43. The van der Waals surface area contributed by atoms with E-state index >= 15 is 0 Å². The molecule has 0 aliphatic rings. The third kappa shape index (κ3) is 2.89. The van der Waals surface area contributed by atoms with Crippen LogP contribution in [0.3, 0.4) is 0 Å². The number of pyridine rings is 1. The quantitative estimate of drug-likeness (QED) is 0.887. The van der Waals surface area contributed by atoms with Gasteiger partial charge in [-0.05, 0) is 34.1 Å². The minimum absolute atomic E-state index is 0.0993. The molecule has 0 saturated carbocycles. The fourth-order valence-electron chi connectivity index (χ4n) is 1.27. The van der Waals surface area contributed by atoms with E-state index < -0.39 is 10.0 Å². The maximum absolute atomic E-state index is 12.1. The van der Waals surface area contributed by atoms with Crippen LogP contribution in [0.5, 0.6) is 0 Å². The van der Waals surface area contributed by atoms with Crippen molar-refractivity contribution in [3.8, 4) is 0 Å². The van der Waals surface area contributed by atoms with Crippen LogP contribution in [0, 0.1) is 0 Å². The van der Waals surface area contributed by atoms with Crippen molar-refractivity contribution in [2.75, 3.05) is 4.72 Å². The summed E-state index contributed by atoms with van der Waals surface area (Å²) in [5.41, 5.74) is 0. The van der Waals surface area contributed by atoms with Crippen LogP contribution in [0.15, 0.2) is 39.1 Å². The molecule has 0 fully saturated rings. The maximum Gasteiger partial charge on any atom is 0.265 e. The Labute approximate surface area is 117 Å². The first kappa shape index (κ1) is 13.5. The Morgan fingerprint density at radius 2 is 2.22 bits per heavy atom. The number of thiophene rings is 1. The van der Waals surface area contributed by atoms with Gasteiger partial charge < -0.3 is 5.11 Å². The molecule has 2 heterocycles. The summed E-state index contributed by atoms with van der Waals surface area (Å²) in [6.45, 7) is -0.192. The minimum Gasteiger partial charge on any atom is -0.391 e. The van der Waals surface area contributed by atoms with Gasteiger partial charge in [-0.2, -0.15) is 0 Å². The summed E-state index contributed by atoms with van der Waals surface area (Å²) in [7, 11) is -3.69. The van der Waals surface area contributed by atoms with Crippen LogP contribution in [0.1, 0.15) is 4.88 Å². The SMILES string of the molecule is O=S(=O)(Nc1ccccn1)c1cc(CO)sc1Br. The molecule has 18 heavy (non-hydrogen) atoms. The Morgan fingerprint density at radius 1 is 1.44 bits per heavy atom. The van der Waals surface area contributed by atoms with Crippen LogP contribution in [0.4, 0.5) is 5.82 Å². The van der Waals surface area contributed by atoms with E-state index in [1.165, 1.54) is 23.6 Å². The molecule has 0 bridgehead atoms. The van der Waals surface area contributed by atoms with Gasteiger partial charge in [0.1, 0.15) is 10.7 Å².